The number of benzene rings is 1. The Morgan fingerprint density at radius 3 is 2.76 bits per heavy atom. The van der Waals surface area contributed by atoms with Gasteiger partial charge < -0.3 is 10.1 Å². The van der Waals surface area contributed by atoms with Gasteiger partial charge in [-0.15, -0.1) is 0 Å². The Morgan fingerprint density at radius 2 is 2.24 bits per heavy atom. The fourth-order valence-electron chi connectivity index (χ4n) is 2.09. The number of rotatable bonds is 5. The highest BCUT2D eigenvalue weighted by Gasteiger charge is 2.28. The highest BCUT2D eigenvalue weighted by Crippen LogP contribution is 2.32. The van der Waals surface area contributed by atoms with Gasteiger partial charge in [-0.05, 0) is 19.0 Å². The van der Waals surface area contributed by atoms with Gasteiger partial charge >= 0.3 is 5.69 Å². The average Bonchev–Trinajstić information content (AvgIpc) is 2.89. The van der Waals surface area contributed by atoms with Gasteiger partial charge in [0.2, 0.25) is 15.8 Å². The van der Waals surface area contributed by atoms with Crippen LogP contribution in [0.25, 0.3) is 0 Å². The molecule has 21 heavy (non-hydrogen) atoms. The number of hydrogen-bond donors (Lipinski definition) is 2. The summed E-state index contributed by atoms with van der Waals surface area (Å²) >= 11 is 0. The van der Waals surface area contributed by atoms with Crippen molar-refractivity contribution in [2.45, 2.75) is 17.4 Å². The molecule has 116 valence electrons. The van der Waals surface area contributed by atoms with Crippen molar-refractivity contribution in [1.29, 1.82) is 0 Å². The van der Waals surface area contributed by atoms with Crippen LogP contribution in [0.5, 0.6) is 5.75 Å². The van der Waals surface area contributed by atoms with Crippen LogP contribution in [0.1, 0.15) is 6.42 Å². The maximum atomic E-state index is 13.8. The second kappa shape index (κ2) is 5.92. The van der Waals surface area contributed by atoms with Crippen LogP contribution in [0.3, 0.4) is 0 Å². The minimum absolute atomic E-state index is 0.320. The molecule has 0 spiro atoms. The second-order valence-corrected chi connectivity index (χ2v) is 6.24. The number of nitrogens with zero attached hydrogens (tertiary/aromatic N) is 1. The number of ether oxygens (including phenoxy) is 1. The van der Waals surface area contributed by atoms with Gasteiger partial charge in [0.25, 0.3) is 0 Å². The summed E-state index contributed by atoms with van der Waals surface area (Å²) in [7, 11) is -2.97. The first kappa shape index (κ1) is 15.6. The smallest absolute Gasteiger partial charge is 0.315 e. The van der Waals surface area contributed by atoms with E-state index in [9.17, 15) is 22.9 Å². The molecule has 0 amide bonds. The predicted molar refractivity (Wildman–Crippen MR) is 71.2 cm³/mol. The maximum Gasteiger partial charge on any atom is 0.315 e. The lowest BCUT2D eigenvalue weighted by Crippen LogP contribution is -2.36. The molecule has 1 aromatic carbocycles. The van der Waals surface area contributed by atoms with Crippen LogP contribution in [0.15, 0.2) is 17.0 Å². The van der Waals surface area contributed by atoms with Gasteiger partial charge in [-0.1, -0.05) is 0 Å². The van der Waals surface area contributed by atoms with E-state index in [2.05, 4.69) is 14.8 Å². The molecule has 0 bridgehead atoms. The minimum Gasteiger partial charge on any atom is -0.488 e. The molecule has 1 atom stereocenters. The molecule has 8 nitrogen and oxygen atoms in total. The Balaban J connectivity index is 2.41. The van der Waals surface area contributed by atoms with Gasteiger partial charge in [-0.25, -0.2) is 17.5 Å². The van der Waals surface area contributed by atoms with Crippen LogP contribution in [0.4, 0.5) is 10.1 Å². The zero-order chi connectivity index (χ0) is 15.6. The van der Waals surface area contributed by atoms with Crippen LogP contribution in [0.2, 0.25) is 0 Å². The summed E-state index contributed by atoms with van der Waals surface area (Å²) in [4.78, 5) is 9.50. The van der Waals surface area contributed by atoms with Crippen molar-refractivity contribution < 1.29 is 22.5 Å². The summed E-state index contributed by atoms with van der Waals surface area (Å²) in [5, 5.41) is 13.9. The van der Waals surface area contributed by atoms with Crippen molar-refractivity contribution in [2.24, 2.45) is 0 Å². The fraction of sp³-hybridized carbons (Fsp3) is 0.455. The fourth-order valence-corrected chi connectivity index (χ4v) is 3.39. The van der Waals surface area contributed by atoms with Gasteiger partial charge in [0.15, 0.2) is 5.82 Å². The van der Waals surface area contributed by atoms with Gasteiger partial charge in [-0.2, -0.15) is 0 Å². The van der Waals surface area contributed by atoms with Crippen molar-refractivity contribution >= 4 is 15.7 Å². The van der Waals surface area contributed by atoms with E-state index in [1.54, 1.807) is 0 Å². The van der Waals surface area contributed by atoms with E-state index in [-0.39, 0.29) is 6.04 Å². The number of sulfonamides is 1. The summed E-state index contributed by atoms with van der Waals surface area (Å²) in [6.07, 6.45) is 0.597. The van der Waals surface area contributed by atoms with E-state index in [0.29, 0.717) is 25.6 Å². The Hall–Kier alpha value is -1.78. The SMILES string of the molecule is COc1c(F)cc(S(=O)(=O)NC2CCNC2)cc1[N+](=O)[O-]. The molecule has 0 radical (unpaired) electrons. The normalized spacial score (nSPS) is 18.7. The van der Waals surface area contributed by atoms with Crippen LogP contribution < -0.4 is 14.8 Å². The van der Waals surface area contributed by atoms with Gasteiger partial charge in [-0.3, -0.25) is 10.1 Å². The average molecular weight is 319 g/mol. The predicted octanol–water partition coefficient (Wildman–Crippen LogP) is 0.383. The quantitative estimate of drug-likeness (QED) is 0.600. The van der Waals surface area contributed by atoms with E-state index in [0.717, 1.165) is 13.2 Å². The van der Waals surface area contributed by atoms with Gasteiger partial charge in [0.05, 0.1) is 16.9 Å². The van der Waals surface area contributed by atoms with E-state index in [4.69, 9.17) is 0 Å². The lowest BCUT2D eigenvalue weighted by Gasteiger charge is -2.12. The molecule has 1 aromatic rings. The van der Waals surface area contributed by atoms with Crippen LogP contribution in [-0.2, 0) is 10.0 Å². The lowest BCUT2D eigenvalue weighted by molar-refractivity contribution is -0.386. The number of halogens is 1. The van der Waals surface area contributed by atoms with Crippen molar-refractivity contribution in [3.8, 4) is 5.75 Å². The summed E-state index contributed by atoms with van der Waals surface area (Å²) in [6.45, 7) is 1.13. The van der Waals surface area contributed by atoms with E-state index in [1.807, 2.05) is 0 Å². The summed E-state index contributed by atoms with van der Waals surface area (Å²) < 4.78 is 45.1. The molecule has 0 aliphatic carbocycles. The lowest BCUT2D eigenvalue weighted by atomic mass is 10.3. The van der Waals surface area contributed by atoms with Crippen LogP contribution in [-0.4, -0.2) is 39.6 Å². The number of nitro benzene ring substituents is 1. The molecule has 1 unspecified atom stereocenters. The van der Waals surface area contributed by atoms with Crippen LogP contribution in [0, 0.1) is 15.9 Å². The molecule has 0 saturated carbocycles. The van der Waals surface area contributed by atoms with E-state index < -0.39 is 37.1 Å². The number of nitro groups is 1. The van der Waals surface area contributed by atoms with E-state index in [1.165, 1.54) is 0 Å². The molecular weight excluding hydrogens is 305 g/mol. The molecule has 1 aliphatic heterocycles. The van der Waals surface area contributed by atoms with Gasteiger partial charge in [0.1, 0.15) is 0 Å². The Labute approximate surface area is 120 Å². The molecular formula is C11H14FN3O5S. The van der Waals surface area contributed by atoms with Crippen molar-refractivity contribution in [3.63, 3.8) is 0 Å². The van der Waals surface area contributed by atoms with Crippen molar-refractivity contribution in [1.82, 2.24) is 10.0 Å². The number of nitrogens with one attached hydrogen (secondary N) is 2. The monoisotopic (exact) mass is 319 g/mol. The van der Waals surface area contributed by atoms with Crippen molar-refractivity contribution in [2.75, 3.05) is 20.2 Å². The molecule has 2 N–H and O–H groups in total. The topological polar surface area (TPSA) is 111 Å². The third-order valence-corrected chi connectivity index (χ3v) is 4.59. The number of hydrogen-bond acceptors (Lipinski definition) is 6. The minimum atomic E-state index is -4.04. The molecule has 1 saturated heterocycles. The molecule has 0 aromatic heterocycles. The molecule has 1 aliphatic rings. The Morgan fingerprint density at radius 1 is 1.52 bits per heavy atom. The standard InChI is InChI=1S/C11H14FN3O5S/c1-20-11-9(12)4-8(5-10(11)15(16)17)21(18,19)14-7-2-3-13-6-7/h4-5,7,13-14H,2-3,6H2,1H3. The highest BCUT2D eigenvalue weighted by molar-refractivity contribution is 7.89. The number of methoxy groups -OCH3 is 1. The van der Waals surface area contributed by atoms with Crippen LogP contribution >= 0.6 is 0 Å². The second-order valence-electron chi connectivity index (χ2n) is 4.53. The molecule has 1 fully saturated rings. The highest BCUT2D eigenvalue weighted by atomic mass is 32.2. The van der Waals surface area contributed by atoms with Crippen molar-refractivity contribution in [3.05, 3.63) is 28.1 Å². The zero-order valence-electron chi connectivity index (χ0n) is 11.1. The molecule has 2 rings (SSSR count). The third kappa shape index (κ3) is 3.28. The Bertz CT molecular complexity index is 658. The first-order chi connectivity index (χ1) is 9.85. The largest absolute Gasteiger partial charge is 0.488 e. The van der Waals surface area contributed by atoms with Gasteiger partial charge in [0, 0.05) is 18.7 Å². The molecule has 1 heterocycles. The summed E-state index contributed by atoms with van der Waals surface area (Å²) in [6, 6.07) is 1.17. The zero-order valence-corrected chi connectivity index (χ0v) is 11.9. The Kier molecular flexibility index (Phi) is 4.40. The third-order valence-electron chi connectivity index (χ3n) is 3.09. The first-order valence-corrected chi connectivity index (χ1v) is 7.58. The maximum absolute atomic E-state index is 13.8. The summed E-state index contributed by atoms with van der Waals surface area (Å²) in [5.74, 6) is -1.70. The van der Waals surface area contributed by atoms with E-state index >= 15 is 0 Å². The first-order valence-electron chi connectivity index (χ1n) is 6.10. The summed E-state index contributed by atoms with van der Waals surface area (Å²) in [5.41, 5.74) is -0.734. The molecule has 10 heteroatoms.